The Morgan fingerprint density at radius 3 is 2.29 bits per heavy atom. The van der Waals surface area contributed by atoms with Crippen LogP contribution < -0.4 is 5.32 Å². The van der Waals surface area contributed by atoms with E-state index in [1.807, 2.05) is 0 Å². The number of benzene rings is 1. The highest BCUT2D eigenvalue weighted by Gasteiger charge is 2.28. The third-order valence-electron chi connectivity index (χ3n) is 2.39. The standard InChI is InChI=1S/C11H15F2NO3/c1-7(14-5-11(12,13)6-15)10-8(16)3-2-4-9(10)17/h2-4,7,14-17H,5-6H2,1H3. The van der Waals surface area contributed by atoms with Crippen molar-refractivity contribution in [2.45, 2.75) is 18.9 Å². The molecule has 96 valence electrons. The van der Waals surface area contributed by atoms with Gasteiger partial charge in [-0.15, -0.1) is 0 Å². The molecular formula is C11H15F2NO3. The molecule has 0 bridgehead atoms. The molecule has 0 saturated carbocycles. The molecule has 1 rings (SSSR count). The van der Waals surface area contributed by atoms with Crippen molar-refractivity contribution in [3.63, 3.8) is 0 Å². The Labute approximate surface area is 97.5 Å². The SMILES string of the molecule is CC(NCC(F)(F)CO)c1c(O)cccc1O. The van der Waals surface area contributed by atoms with Gasteiger partial charge < -0.3 is 20.6 Å². The van der Waals surface area contributed by atoms with E-state index in [0.29, 0.717) is 0 Å². The Kier molecular flexibility index (Phi) is 4.25. The maximum atomic E-state index is 12.8. The second-order valence-corrected chi connectivity index (χ2v) is 3.83. The van der Waals surface area contributed by atoms with Crippen molar-refractivity contribution < 1.29 is 24.1 Å². The van der Waals surface area contributed by atoms with Crippen LogP contribution in [-0.2, 0) is 0 Å². The van der Waals surface area contributed by atoms with Crippen LogP contribution in [0.3, 0.4) is 0 Å². The first-order valence-corrected chi connectivity index (χ1v) is 5.10. The summed E-state index contributed by atoms with van der Waals surface area (Å²) in [6, 6.07) is 3.51. The molecule has 1 aromatic carbocycles. The Morgan fingerprint density at radius 2 is 1.82 bits per heavy atom. The lowest BCUT2D eigenvalue weighted by molar-refractivity contribution is -0.0491. The van der Waals surface area contributed by atoms with Gasteiger partial charge in [-0.2, -0.15) is 0 Å². The maximum Gasteiger partial charge on any atom is 0.282 e. The molecule has 0 amide bonds. The average molecular weight is 247 g/mol. The summed E-state index contributed by atoms with van der Waals surface area (Å²) in [5, 5.41) is 29.9. The number of aliphatic hydroxyl groups is 1. The van der Waals surface area contributed by atoms with Crippen molar-refractivity contribution in [3.05, 3.63) is 23.8 Å². The molecule has 17 heavy (non-hydrogen) atoms. The number of hydrogen-bond acceptors (Lipinski definition) is 4. The molecule has 1 unspecified atom stereocenters. The molecule has 0 heterocycles. The number of aromatic hydroxyl groups is 2. The zero-order valence-electron chi connectivity index (χ0n) is 9.32. The van der Waals surface area contributed by atoms with E-state index in [1.54, 1.807) is 0 Å². The largest absolute Gasteiger partial charge is 0.507 e. The zero-order chi connectivity index (χ0) is 13.1. The van der Waals surface area contributed by atoms with Crippen LogP contribution in [0.2, 0.25) is 0 Å². The first-order chi connectivity index (χ1) is 7.87. The van der Waals surface area contributed by atoms with Crippen LogP contribution in [0.5, 0.6) is 11.5 Å². The Hall–Kier alpha value is -1.40. The molecule has 0 aromatic heterocycles. The number of hydrogen-bond donors (Lipinski definition) is 4. The lowest BCUT2D eigenvalue weighted by Gasteiger charge is -2.20. The van der Waals surface area contributed by atoms with Crippen molar-refractivity contribution in [2.75, 3.05) is 13.2 Å². The number of alkyl halides is 2. The van der Waals surface area contributed by atoms with Gasteiger partial charge in [0.1, 0.15) is 18.1 Å². The second-order valence-electron chi connectivity index (χ2n) is 3.83. The molecule has 4 N–H and O–H groups in total. The summed E-state index contributed by atoms with van der Waals surface area (Å²) >= 11 is 0. The smallest absolute Gasteiger partial charge is 0.282 e. The molecule has 0 radical (unpaired) electrons. The van der Waals surface area contributed by atoms with E-state index >= 15 is 0 Å². The van der Waals surface area contributed by atoms with E-state index in [-0.39, 0.29) is 17.1 Å². The first kappa shape index (κ1) is 13.7. The fourth-order valence-corrected chi connectivity index (χ4v) is 1.45. The van der Waals surface area contributed by atoms with Gasteiger partial charge in [0.25, 0.3) is 5.92 Å². The number of rotatable bonds is 5. The summed E-state index contributed by atoms with van der Waals surface area (Å²) < 4.78 is 25.6. The summed E-state index contributed by atoms with van der Waals surface area (Å²) in [4.78, 5) is 0. The summed E-state index contributed by atoms with van der Waals surface area (Å²) in [6.45, 7) is -0.458. The van der Waals surface area contributed by atoms with Gasteiger partial charge in [0.05, 0.1) is 12.1 Å². The molecule has 0 aliphatic carbocycles. The lowest BCUT2D eigenvalue weighted by Crippen LogP contribution is -2.37. The molecule has 0 spiro atoms. The molecule has 0 aliphatic heterocycles. The van der Waals surface area contributed by atoms with Gasteiger partial charge in [0.15, 0.2) is 0 Å². The van der Waals surface area contributed by atoms with Crippen molar-refractivity contribution in [1.82, 2.24) is 5.32 Å². The molecule has 1 aromatic rings. The summed E-state index contributed by atoms with van der Waals surface area (Å²) in [5.41, 5.74) is 0.154. The van der Waals surface area contributed by atoms with E-state index in [4.69, 9.17) is 5.11 Å². The number of phenols is 2. The summed E-state index contributed by atoms with van der Waals surface area (Å²) in [7, 11) is 0. The molecule has 6 heteroatoms. The third-order valence-corrected chi connectivity index (χ3v) is 2.39. The summed E-state index contributed by atoms with van der Waals surface area (Å²) in [5.74, 6) is -3.57. The zero-order valence-corrected chi connectivity index (χ0v) is 9.32. The normalized spacial score (nSPS) is 13.6. The second kappa shape index (κ2) is 5.29. The molecule has 0 aliphatic rings. The van der Waals surface area contributed by atoms with Gasteiger partial charge in [0, 0.05) is 6.04 Å². The van der Waals surface area contributed by atoms with Crippen LogP contribution in [0.1, 0.15) is 18.5 Å². The van der Waals surface area contributed by atoms with Gasteiger partial charge in [-0.25, -0.2) is 8.78 Å². The Balaban J connectivity index is 2.74. The molecule has 0 saturated heterocycles. The van der Waals surface area contributed by atoms with Crippen LogP contribution in [0.4, 0.5) is 8.78 Å². The molecular weight excluding hydrogens is 232 g/mol. The van der Waals surface area contributed by atoms with E-state index in [0.717, 1.165) is 0 Å². The van der Waals surface area contributed by atoms with Crippen molar-refractivity contribution in [3.8, 4) is 11.5 Å². The van der Waals surface area contributed by atoms with E-state index < -0.39 is 25.1 Å². The number of halogens is 2. The summed E-state index contributed by atoms with van der Waals surface area (Å²) in [6.07, 6.45) is 0. The Bertz CT molecular complexity index is 365. The van der Waals surface area contributed by atoms with Gasteiger partial charge in [0.2, 0.25) is 0 Å². The van der Waals surface area contributed by atoms with Crippen molar-refractivity contribution >= 4 is 0 Å². The third kappa shape index (κ3) is 3.54. The highest BCUT2D eigenvalue weighted by atomic mass is 19.3. The fraction of sp³-hybridized carbons (Fsp3) is 0.455. The quantitative estimate of drug-likeness (QED) is 0.634. The highest BCUT2D eigenvalue weighted by molar-refractivity contribution is 5.44. The highest BCUT2D eigenvalue weighted by Crippen LogP contribution is 2.32. The van der Waals surface area contributed by atoms with E-state index in [2.05, 4.69) is 5.32 Å². The van der Waals surface area contributed by atoms with Crippen LogP contribution in [0, 0.1) is 0 Å². The van der Waals surface area contributed by atoms with E-state index in [1.165, 1.54) is 25.1 Å². The van der Waals surface area contributed by atoms with Gasteiger partial charge in [-0.1, -0.05) is 6.07 Å². The Morgan fingerprint density at radius 1 is 1.29 bits per heavy atom. The first-order valence-electron chi connectivity index (χ1n) is 5.10. The van der Waals surface area contributed by atoms with Crippen molar-refractivity contribution in [1.29, 1.82) is 0 Å². The predicted molar refractivity (Wildman–Crippen MR) is 58.2 cm³/mol. The topological polar surface area (TPSA) is 72.7 Å². The van der Waals surface area contributed by atoms with Gasteiger partial charge in [-0.3, -0.25) is 0 Å². The fourth-order valence-electron chi connectivity index (χ4n) is 1.45. The number of phenolic OH excluding ortho intramolecular Hbond substituents is 2. The minimum Gasteiger partial charge on any atom is -0.507 e. The number of nitrogens with one attached hydrogen (secondary N) is 1. The van der Waals surface area contributed by atoms with Crippen LogP contribution in [0.25, 0.3) is 0 Å². The molecule has 0 fully saturated rings. The van der Waals surface area contributed by atoms with Crippen LogP contribution >= 0.6 is 0 Å². The minimum atomic E-state index is -3.23. The van der Waals surface area contributed by atoms with Gasteiger partial charge >= 0.3 is 0 Å². The monoisotopic (exact) mass is 247 g/mol. The number of aliphatic hydroxyl groups excluding tert-OH is 1. The molecule has 1 atom stereocenters. The van der Waals surface area contributed by atoms with E-state index in [9.17, 15) is 19.0 Å². The lowest BCUT2D eigenvalue weighted by atomic mass is 10.1. The van der Waals surface area contributed by atoms with Crippen molar-refractivity contribution in [2.24, 2.45) is 0 Å². The van der Waals surface area contributed by atoms with Gasteiger partial charge in [-0.05, 0) is 19.1 Å². The average Bonchev–Trinajstić information content (AvgIpc) is 2.26. The maximum absolute atomic E-state index is 12.8. The minimum absolute atomic E-state index is 0.154. The molecule has 4 nitrogen and oxygen atoms in total. The van der Waals surface area contributed by atoms with Crippen LogP contribution in [0.15, 0.2) is 18.2 Å². The predicted octanol–water partition coefficient (Wildman–Crippen LogP) is 1.38. The van der Waals surface area contributed by atoms with Crippen LogP contribution in [-0.4, -0.2) is 34.4 Å².